The fourth-order valence-corrected chi connectivity index (χ4v) is 3.85. The highest BCUT2D eigenvalue weighted by Crippen LogP contribution is 2.33. The smallest absolute Gasteiger partial charge is 0.281 e. The first-order valence-electron chi connectivity index (χ1n) is 8.04. The number of β-amino-alcohol motifs (C(OH)–C–C–N with tert-alkyl or cyclic N) is 1. The third-order valence-corrected chi connectivity index (χ3v) is 5.20. The molecule has 3 aromatic heterocycles. The van der Waals surface area contributed by atoms with Gasteiger partial charge in [-0.1, -0.05) is 11.3 Å². The zero-order valence-electron chi connectivity index (χ0n) is 13.3. The molecule has 126 valence electrons. The molecule has 1 aliphatic heterocycles. The molecule has 0 bridgehead atoms. The van der Waals surface area contributed by atoms with Gasteiger partial charge in [0.25, 0.3) is 5.19 Å². The van der Waals surface area contributed by atoms with Crippen molar-refractivity contribution in [1.82, 2.24) is 14.9 Å². The maximum Gasteiger partial charge on any atom is 0.281 e. The van der Waals surface area contributed by atoms with E-state index in [1.807, 2.05) is 30.3 Å². The molecule has 0 amide bonds. The van der Waals surface area contributed by atoms with Crippen LogP contribution < -0.4 is 4.74 Å². The van der Waals surface area contributed by atoms with Crippen molar-refractivity contribution in [3.05, 3.63) is 48.4 Å². The number of rotatable bonds is 4. The molecule has 0 aliphatic carbocycles. The second-order valence-corrected chi connectivity index (χ2v) is 7.17. The first-order chi connectivity index (χ1) is 12.2. The molecule has 0 unspecified atom stereocenters. The highest BCUT2D eigenvalue weighted by Gasteiger charge is 2.25. The summed E-state index contributed by atoms with van der Waals surface area (Å²) in [6.45, 7) is 2.23. The normalized spacial score (nSPS) is 15.7. The number of nitrogens with zero attached hydrogens (tertiary/aromatic N) is 3. The van der Waals surface area contributed by atoms with Crippen LogP contribution in [0.5, 0.6) is 10.9 Å². The Balaban J connectivity index is 1.39. The minimum Gasteiger partial charge on any atom is -0.464 e. The molecule has 1 aliphatic rings. The van der Waals surface area contributed by atoms with E-state index < -0.39 is 0 Å². The van der Waals surface area contributed by atoms with Crippen LogP contribution in [0.4, 0.5) is 0 Å². The third kappa shape index (κ3) is 2.76. The number of hydrogen-bond donors (Lipinski definition) is 1. The summed E-state index contributed by atoms with van der Waals surface area (Å²) in [4.78, 5) is 10.8. The zero-order valence-corrected chi connectivity index (χ0v) is 14.1. The Bertz CT molecular complexity index is 1020. The average Bonchev–Trinajstić information content (AvgIpc) is 3.16. The van der Waals surface area contributed by atoms with Crippen molar-refractivity contribution in [3.8, 4) is 10.9 Å². The predicted molar refractivity (Wildman–Crippen MR) is 95.0 cm³/mol. The Morgan fingerprint density at radius 3 is 3.08 bits per heavy atom. The van der Waals surface area contributed by atoms with Gasteiger partial charge >= 0.3 is 0 Å². The fraction of sp³-hybridized carbons (Fsp3) is 0.222. The monoisotopic (exact) mass is 353 g/mol. The van der Waals surface area contributed by atoms with Gasteiger partial charge in [0.15, 0.2) is 5.65 Å². The highest BCUT2D eigenvalue weighted by molar-refractivity contribution is 7.20. The van der Waals surface area contributed by atoms with E-state index in [1.54, 1.807) is 12.5 Å². The number of aromatic nitrogens is 2. The number of fused-ring (bicyclic) bond motifs is 2. The maximum atomic E-state index is 9.40. The zero-order chi connectivity index (χ0) is 16.8. The third-order valence-electron chi connectivity index (χ3n) is 4.31. The van der Waals surface area contributed by atoms with Gasteiger partial charge in [-0.2, -0.15) is 4.98 Å². The number of aliphatic hydroxyl groups is 1. The van der Waals surface area contributed by atoms with E-state index in [9.17, 15) is 5.11 Å². The van der Waals surface area contributed by atoms with Gasteiger partial charge in [0.1, 0.15) is 11.3 Å². The standard InChI is InChI=1S/C18H15N3O3S/c22-12-8-21(9-12)7-11-10-23-15-6-13(3-4-14(11)15)24-18-20-17-16(25-18)2-1-5-19-17/h1-6,10,12,22H,7-9H2. The SMILES string of the molecule is OC1CN(Cc2coc3cc(Oc4nc5ncccc5s4)ccc23)C1. The summed E-state index contributed by atoms with van der Waals surface area (Å²) in [6, 6.07) is 9.67. The van der Waals surface area contributed by atoms with E-state index in [2.05, 4.69) is 14.9 Å². The average molecular weight is 353 g/mol. The van der Waals surface area contributed by atoms with E-state index in [-0.39, 0.29) is 6.10 Å². The fourth-order valence-electron chi connectivity index (χ4n) is 3.06. The molecular formula is C18H15N3O3S. The Kier molecular flexibility index (Phi) is 3.44. The molecule has 0 radical (unpaired) electrons. The van der Waals surface area contributed by atoms with Crippen LogP contribution in [-0.2, 0) is 6.54 Å². The van der Waals surface area contributed by atoms with Gasteiger partial charge in [-0.15, -0.1) is 0 Å². The molecule has 1 N–H and O–H groups in total. The van der Waals surface area contributed by atoms with Crippen LogP contribution in [0.1, 0.15) is 5.56 Å². The summed E-state index contributed by atoms with van der Waals surface area (Å²) >= 11 is 1.47. The molecule has 6 nitrogen and oxygen atoms in total. The Hall–Kier alpha value is -2.48. The minimum atomic E-state index is -0.193. The number of hydrogen-bond acceptors (Lipinski definition) is 7. The number of likely N-dealkylation sites (tertiary alicyclic amines) is 1. The van der Waals surface area contributed by atoms with Crippen molar-refractivity contribution in [2.24, 2.45) is 0 Å². The van der Waals surface area contributed by atoms with Gasteiger partial charge in [-0.25, -0.2) is 4.98 Å². The molecule has 4 aromatic rings. The topological polar surface area (TPSA) is 71.6 Å². The summed E-state index contributed by atoms with van der Waals surface area (Å²) in [7, 11) is 0. The molecule has 1 saturated heterocycles. The lowest BCUT2D eigenvalue weighted by Gasteiger charge is -2.35. The largest absolute Gasteiger partial charge is 0.464 e. The number of furan rings is 1. The van der Waals surface area contributed by atoms with E-state index in [4.69, 9.17) is 9.15 Å². The van der Waals surface area contributed by atoms with Gasteiger partial charge < -0.3 is 14.3 Å². The molecule has 4 heterocycles. The van der Waals surface area contributed by atoms with Crippen LogP contribution in [0, 0.1) is 0 Å². The quantitative estimate of drug-likeness (QED) is 0.606. The first kappa shape index (κ1) is 14.8. The predicted octanol–water partition coefficient (Wildman–Crippen LogP) is 3.41. The van der Waals surface area contributed by atoms with Crippen LogP contribution in [0.25, 0.3) is 21.3 Å². The van der Waals surface area contributed by atoms with Crippen molar-refractivity contribution >= 4 is 32.7 Å². The van der Waals surface area contributed by atoms with Crippen LogP contribution in [0.3, 0.4) is 0 Å². The first-order valence-corrected chi connectivity index (χ1v) is 8.86. The van der Waals surface area contributed by atoms with Crippen molar-refractivity contribution in [3.63, 3.8) is 0 Å². The van der Waals surface area contributed by atoms with Gasteiger partial charge in [0.2, 0.25) is 0 Å². The van der Waals surface area contributed by atoms with Crippen LogP contribution in [0.15, 0.2) is 47.2 Å². The molecule has 0 spiro atoms. The van der Waals surface area contributed by atoms with Crippen molar-refractivity contribution < 1.29 is 14.3 Å². The molecule has 1 fully saturated rings. The summed E-state index contributed by atoms with van der Waals surface area (Å²) in [5.41, 5.74) is 2.60. The molecule has 0 atom stereocenters. The Labute approximate surface area is 147 Å². The van der Waals surface area contributed by atoms with Crippen molar-refractivity contribution in [2.75, 3.05) is 13.1 Å². The van der Waals surface area contributed by atoms with Gasteiger partial charge in [-0.05, 0) is 24.3 Å². The van der Waals surface area contributed by atoms with Crippen LogP contribution >= 0.6 is 11.3 Å². The van der Waals surface area contributed by atoms with Gasteiger partial charge in [-0.3, -0.25) is 4.90 Å². The summed E-state index contributed by atoms with van der Waals surface area (Å²) < 4.78 is 12.6. The van der Waals surface area contributed by atoms with Crippen LogP contribution in [0.2, 0.25) is 0 Å². The van der Waals surface area contributed by atoms with Crippen molar-refractivity contribution in [2.45, 2.75) is 12.6 Å². The summed E-state index contributed by atoms with van der Waals surface area (Å²) in [5.74, 6) is 0.687. The van der Waals surface area contributed by atoms with Crippen LogP contribution in [-0.4, -0.2) is 39.2 Å². The van der Waals surface area contributed by atoms with E-state index in [0.717, 1.165) is 40.9 Å². The van der Waals surface area contributed by atoms with Crippen molar-refractivity contribution in [1.29, 1.82) is 0 Å². The Morgan fingerprint density at radius 2 is 2.24 bits per heavy atom. The number of aliphatic hydroxyl groups excluding tert-OH is 1. The highest BCUT2D eigenvalue weighted by atomic mass is 32.1. The molecule has 1 aromatic carbocycles. The number of pyridine rings is 1. The van der Waals surface area contributed by atoms with E-state index in [1.165, 1.54) is 11.3 Å². The molecular weight excluding hydrogens is 338 g/mol. The van der Waals surface area contributed by atoms with E-state index >= 15 is 0 Å². The lowest BCUT2D eigenvalue weighted by Crippen LogP contribution is -2.49. The second kappa shape index (κ2) is 5.80. The van der Waals surface area contributed by atoms with E-state index in [0.29, 0.717) is 16.6 Å². The molecule has 25 heavy (non-hydrogen) atoms. The molecule has 0 saturated carbocycles. The number of ether oxygens (including phenoxy) is 1. The molecule has 5 rings (SSSR count). The summed E-state index contributed by atoms with van der Waals surface area (Å²) in [5, 5.41) is 11.0. The lowest BCUT2D eigenvalue weighted by atomic mass is 10.1. The lowest BCUT2D eigenvalue weighted by molar-refractivity contribution is -0.00276. The number of thiazole rings is 1. The number of benzene rings is 1. The second-order valence-electron chi connectivity index (χ2n) is 6.17. The Morgan fingerprint density at radius 1 is 1.32 bits per heavy atom. The van der Waals surface area contributed by atoms with Gasteiger partial charge in [0, 0.05) is 42.8 Å². The summed E-state index contributed by atoms with van der Waals surface area (Å²) in [6.07, 6.45) is 3.31. The van der Waals surface area contributed by atoms with Gasteiger partial charge in [0.05, 0.1) is 17.1 Å². The minimum absolute atomic E-state index is 0.193. The molecule has 7 heteroatoms. The maximum absolute atomic E-state index is 9.40.